The van der Waals surface area contributed by atoms with E-state index in [9.17, 15) is 8.78 Å². The zero-order valence-electron chi connectivity index (χ0n) is 11.9. The summed E-state index contributed by atoms with van der Waals surface area (Å²) >= 11 is 0. The van der Waals surface area contributed by atoms with Crippen LogP contribution < -0.4 is 16.0 Å². The van der Waals surface area contributed by atoms with Gasteiger partial charge < -0.3 is 10.2 Å². The van der Waals surface area contributed by atoms with E-state index in [1.165, 1.54) is 12.1 Å². The molecule has 112 valence electrons. The molecule has 2 aromatic rings. The maximum absolute atomic E-state index is 13.2. The molecule has 0 atom stereocenters. The number of ether oxygens (including phenoxy) is 1. The topological polar surface area (TPSA) is 73.1 Å². The van der Waals surface area contributed by atoms with E-state index in [1.807, 2.05) is 20.8 Å². The minimum atomic E-state index is -0.991. The van der Waals surface area contributed by atoms with Gasteiger partial charge >= 0.3 is 0 Å². The molecule has 0 bridgehead atoms. The average molecular weight is 294 g/mol. The van der Waals surface area contributed by atoms with E-state index in [0.717, 1.165) is 12.1 Å². The summed E-state index contributed by atoms with van der Waals surface area (Å²) < 4.78 is 31.5. The molecule has 0 spiro atoms. The Morgan fingerprint density at radius 1 is 1.10 bits per heavy atom. The number of anilines is 1. The molecule has 0 saturated carbocycles. The number of hydrazine groups is 1. The van der Waals surface area contributed by atoms with Crippen molar-refractivity contribution in [2.75, 3.05) is 5.43 Å². The third-order valence-corrected chi connectivity index (χ3v) is 2.63. The van der Waals surface area contributed by atoms with E-state index >= 15 is 0 Å². The quantitative estimate of drug-likeness (QED) is 0.672. The minimum absolute atomic E-state index is 0.135. The molecule has 2 rings (SSSR count). The second-order valence-electron chi connectivity index (χ2n) is 5.49. The maximum Gasteiger partial charge on any atom is 0.224 e. The van der Waals surface area contributed by atoms with Crippen molar-refractivity contribution >= 4 is 5.82 Å². The first-order chi connectivity index (χ1) is 9.79. The Hall–Kier alpha value is -2.28. The summed E-state index contributed by atoms with van der Waals surface area (Å²) in [5, 5.41) is 0. The summed E-state index contributed by atoms with van der Waals surface area (Å²) in [4.78, 5) is 8.49. The van der Waals surface area contributed by atoms with Crippen molar-refractivity contribution in [3.8, 4) is 11.6 Å². The monoisotopic (exact) mass is 294 g/mol. The number of hydrogen-bond acceptors (Lipinski definition) is 5. The highest BCUT2D eigenvalue weighted by Gasteiger charge is 2.19. The van der Waals surface area contributed by atoms with E-state index in [-0.39, 0.29) is 17.0 Å². The van der Waals surface area contributed by atoms with Crippen molar-refractivity contribution in [2.45, 2.75) is 26.2 Å². The molecule has 1 aromatic carbocycles. The molecule has 0 unspecified atom stereocenters. The van der Waals surface area contributed by atoms with Crippen LogP contribution in [0.4, 0.5) is 14.6 Å². The summed E-state index contributed by atoms with van der Waals surface area (Å²) in [6.45, 7) is 5.80. The van der Waals surface area contributed by atoms with E-state index in [1.54, 1.807) is 0 Å². The lowest BCUT2D eigenvalue weighted by molar-refractivity contribution is 0.436. The standard InChI is InChI=1S/C14H16F2N4O/c1-14(2,3)13-18-11(20-17)7-12(19-13)21-8-4-5-9(15)10(16)6-8/h4-7H,17H2,1-3H3,(H,18,19,20). The Morgan fingerprint density at radius 3 is 2.38 bits per heavy atom. The van der Waals surface area contributed by atoms with Crippen LogP contribution in [0, 0.1) is 11.6 Å². The largest absolute Gasteiger partial charge is 0.439 e. The van der Waals surface area contributed by atoms with Gasteiger partial charge in [-0.25, -0.2) is 19.6 Å². The molecule has 0 radical (unpaired) electrons. The Kier molecular flexibility index (Phi) is 4.04. The van der Waals surface area contributed by atoms with Crippen molar-refractivity contribution in [2.24, 2.45) is 5.84 Å². The van der Waals surface area contributed by atoms with Gasteiger partial charge in [-0.05, 0) is 12.1 Å². The van der Waals surface area contributed by atoms with Crippen LogP contribution in [0.2, 0.25) is 0 Å². The molecule has 0 fully saturated rings. The van der Waals surface area contributed by atoms with Crippen molar-refractivity contribution in [3.05, 3.63) is 41.7 Å². The Morgan fingerprint density at radius 2 is 1.81 bits per heavy atom. The van der Waals surface area contributed by atoms with E-state index < -0.39 is 11.6 Å². The Bertz CT molecular complexity index is 656. The number of rotatable bonds is 3. The highest BCUT2D eigenvalue weighted by molar-refractivity contribution is 5.39. The van der Waals surface area contributed by atoms with Crippen LogP contribution in [0.15, 0.2) is 24.3 Å². The lowest BCUT2D eigenvalue weighted by atomic mass is 9.96. The van der Waals surface area contributed by atoms with Gasteiger partial charge in [0.25, 0.3) is 0 Å². The molecule has 0 saturated heterocycles. The number of nitrogen functional groups attached to an aromatic ring is 1. The van der Waals surface area contributed by atoms with Gasteiger partial charge in [-0.15, -0.1) is 0 Å². The van der Waals surface area contributed by atoms with Crippen LogP contribution in [-0.2, 0) is 5.41 Å². The van der Waals surface area contributed by atoms with Crippen molar-refractivity contribution < 1.29 is 13.5 Å². The van der Waals surface area contributed by atoms with Gasteiger partial charge in [0.2, 0.25) is 5.88 Å². The summed E-state index contributed by atoms with van der Waals surface area (Å²) in [6.07, 6.45) is 0. The molecule has 0 aliphatic heterocycles. The molecular formula is C14H16F2N4O. The molecule has 3 N–H and O–H groups in total. The third-order valence-electron chi connectivity index (χ3n) is 2.63. The van der Waals surface area contributed by atoms with Gasteiger partial charge in [0.05, 0.1) is 0 Å². The lowest BCUT2D eigenvalue weighted by Gasteiger charge is -2.18. The highest BCUT2D eigenvalue weighted by Crippen LogP contribution is 2.26. The highest BCUT2D eigenvalue weighted by atomic mass is 19.2. The molecular weight excluding hydrogens is 278 g/mol. The number of nitrogens with zero attached hydrogens (tertiary/aromatic N) is 2. The SMILES string of the molecule is CC(C)(C)c1nc(NN)cc(Oc2ccc(F)c(F)c2)n1. The van der Waals surface area contributed by atoms with E-state index in [2.05, 4.69) is 15.4 Å². The summed E-state index contributed by atoms with van der Waals surface area (Å²) in [5.74, 6) is 4.63. The predicted octanol–water partition coefficient (Wildman–Crippen LogP) is 3.13. The summed E-state index contributed by atoms with van der Waals surface area (Å²) in [7, 11) is 0. The predicted molar refractivity (Wildman–Crippen MR) is 75.0 cm³/mol. The van der Waals surface area contributed by atoms with Crippen LogP contribution in [0.1, 0.15) is 26.6 Å². The average Bonchev–Trinajstić information content (AvgIpc) is 2.41. The second-order valence-corrected chi connectivity index (χ2v) is 5.49. The van der Waals surface area contributed by atoms with E-state index in [4.69, 9.17) is 10.6 Å². The molecule has 1 aromatic heterocycles. The fourth-order valence-electron chi connectivity index (χ4n) is 1.55. The smallest absolute Gasteiger partial charge is 0.224 e. The third kappa shape index (κ3) is 3.63. The van der Waals surface area contributed by atoms with Crippen molar-refractivity contribution in [1.82, 2.24) is 9.97 Å². The normalized spacial score (nSPS) is 11.3. The van der Waals surface area contributed by atoms with Gasteiger partial charge in [-0.3, -0.25) is 0 Å². The fraction of sp³-hybridized carbons (Fsp3) is 0.286. The Labute approximate surface area is 121 Å². The van der Waals surface area contributed by atoms with Crippen LogP contribution in [0.3, 0.4) is 0 Å². The number of nitrogens with one attached hydrogen (secondary N) is 1. The van der Waals surface area contributed by atoms with Gasteiger partial charge in [0.15, 0.2) is 11.6 Å². The van der Waals surface area contributed by atoms with Gasteiger partial charge in [-0.1, -0.05) is 20.8 Å². The first-order valence-corrected chi connectivity index (χ1v) is 6.28. The minimum Gasteiger partial charge on any atom is -0.439 e. The second kappa shape index (κ2) is 5.61. The van der Waals surface area contributed by atoms with Gasteiger partial charge in [0, 0.05) is 17.5 Å². The van der Waals surface area contributed by atoms with Crippen LogP contribution in [0.5, 0.6) is 11.6 Å². The van der Waals surface area contributed by atoms with Crippen molar-refractivity contribution in [1.29, 1.82) is 0 Å². The van der Waals surface area contributed by atoms with Crippen LogP contribution in [0.25, 0.3) is 0 Å². The molecule has 0 aliphatic carbocycles. The molecule has 0 aliphatic rings. The van der Waals surface area contributed by atoms with Crippen molar-refractivity contribution in [3.63, 3.8) is 0 Å². The molecule has 0 amide bonds. The molecule has 21 heavy (non-hydrogen) atoms. The molecule has 1 heterocycles. The first kappa shape index (κ1) is 15.1. The van der Waals surface area contributed by atoms with Crippen LogP contribution in [-0.4, -0.2) is 9.97 Å². The number of hydrogen-bond donors (Lipinski definition) is 2. The first-order valence-electron chi connectivity index (χ1n) is 6.28. The zero-order chi connectivity index (χ0) is 15.6. The lowest BCUT2D eigenvalue weighted by Crippen LogP contribution is -2.19. The molecule has 7 heteroatoms. The van der Waals surface area contributed by atoms with Crippen LogP contribution >= 0.6 is 0 Å². The Balaban J connectivity index is 2.36. The zero-order valence-corrected chi connectivity index (χ0v) is 11.9. The summed E-state index contributed by atoms with van der Waals surface area (Å²) in [5.41, 5.74) is 2.10. The van der Waals surface area contributed by atoms with Gasteiger partial charge in [0.1, 0.15) is 17.4 Å². The number of nitrogens with two attached hydrogens (primary N) is 1. The maximum atomic E-state index is 13.2. The summed E-state index contributed by atoms with van der Waals surface area (Å²) in [6, 6.07) is 4.71. The van der Waals surface area contributed by atoms with E-state index in [0.29, 0.717) is 11.6 Å². The number of aromatic nitrogens is 2. The fourth-order valence-corrected chi connectivity index (χ4v) is 1.55. The number of halogens is 2. The van der Waals surface area contributed by atoms with Gasteiger partial charge in [-0.2, -0.15) is 4.98 Å². The number of benzene rings is 1. The molecule has 5 nitrogen and oxygen atoms in total.